The van der Waals surface area contributed by atoms with Crippen LogP contribution in [0.3, 0.4) is 0 Å². The zero-order chi connectivity index (χ0) is 21.8. The number of hydrogen-bond acceptors (Lipinski definition) is 1. The van der Waals surface area contributed by atoms with Gasteiger partial charge in [-0.3, -0.25) is 0 Å². The van der Waals surface area contributed by atoms with Crippen LogP contribution in [0.2, 0.25) is 0 Å². The Morgan fingerprint density at radius 2 is 0.781 bits per heavy atom. The summed E-state index contributed by atoms with van der Waals surface area (Å²) in [7, 11) is -3.05. The molecule has 0 bridgehead atoms. The molecule has 0 radical (unpaired) electrons. The molecular formula is C30H23OP. The molecule has 0 saturated carbocycles. The molecule has 0 unspecified atom stereocenters. The molecule has 0 fully saturated rings. The second kappa shape index (κ2) is 8.83. The van der Waals surface area contributed by atoms with Crippen molar-refractivity contribution in [3.63, 3.8) is 0 Å². The highest BCUT2D eigenvalue weighted by molar-refractivity contribution is 7.85. The first-order valence-electron chi connectivity index (χ1n) is 10.7. The molecule has 0 aliphatic carbocycles. The molecule has 1 nitrogen and oxygen atoms in total. The van der Waals surface area contributed by atoms with Gasteiger partial charge in [0.05, 0.1) is 0 Å². The van der Waals surface area contributed by atoms with Crippen LogP contribution >= 0.6 is 7.14 Å². The summed E-state index contributed by atoms with van der Waals surface area (Å²) in [5.74, 6) is 0. The molecule has 154 valence electrons. The molecule has 0 N–H and O–H groups in total. The second-order valence-electron chi connectivity index (χ2n) is 7.74. The van der Waals surface area contributed by atoms with Crippen molar-refractivity contribution in [2.24, 2.45) is 0 Å². The lowest BCUT2D eigenvalue weighted by Gasteiger charge is -2.23. The van der Waals surface area contributed by atoms with Crippen molar-refractivity contribution in [1.29, 1.82) is 0 Å². The Kier molecular flexibility index (Phi) is 5.58. The number of benzene rings is 5. The van der Waals surface area contributed by atoms with Crippen molar-refractivity contribution in [1.82, 2.24) is 0 Å². The first kappa shape index (κ1) is 20.2. The third kappa shape index (κ3) is 3.73. The van der Waals surface area contributed by atoms with Gasteiger partial charge in [-0.1, -0.05) is 140 Å². The van der Waals surface area contributed by atoms with E-state index in [1.54, 1.807) is 0 Å². The van der Waals surface area contributed by atoms with Gasteiger partial charge in [-0.25, -0.2) is 0 Å². The fraction of sp³-hybridized carbons (Fsp3) is 0. The Labute approximate surface area is 189 Å². The monoisotopic (exact) mass is 430 g/mol. The van der Waals surface area contributed by atoms with E-state index < -0.39 is 7.14 Å². The fourth-order valence-electron chi connectivity index (χ4n) is 4.17. The highest BCUT2D eigenvalue weighted by Gasteiger charge is 2.31. The molecular weight excluding hydrogens is 407 g/mol. The SMILES string of the molecule is O=P(c1ccccc1)(c1ccccc1)c1ccccc1-c1ccc(-c2ccccc2)cc1. The van der Waals surface area contributed by atoms with Crippen molar-refractivity contribution in [3.05, 3.63) is 140 Å². The van der Waals surface area contributed by atoms with Gasteiger partial charge in [0.2, 0.25) is 0 Å². The van der Waals surface area contributed by atoms with Gasteiger partial charge >= 0.3 is 0 Å². The molecule has 0 amide bonds. The zero-order valence-electron chi connectivity index (χ0n) is 17.6. The van der Waals surface area contributed by atoms with Crippen LogP contribution in [0.1, 0.15) is 0 Å². The Balaban J connectivity index is 1.67. The minimum absolute atomic E-state index is 0.847. The van der Waals surface area contributed by atoms with E-state index in [-0.39, 0.29) is 0 Å². The molecule has 0 atom stereocenters. The van der Waals surface area contributed by atoms with E-state index in [9.17, 15) is 4.57 Å². The molecule has 5 rings (SSSR count). The summed E-state index contributed by atoms with van der Waals surface area (Å²) >= 11 is 0. The maximum absolute atomic E-state index is 14.9. The van der Waals surface area contributed by atoms with Gasteiger partial charge in [-0.05, 0) is 22.3 Å². The van der Waals surface area contributed by atoms with Gasteiger partial charge in [0.25, 0.3) is 0 Å². The summed E-state index contributed by atoms with van der Waals surface area (Å²) < 4.78 is 14.9. The van der Waals surface area contributed by atoms with Crippen molar-refractivity contribution in [3.8, 4) is 22.3 Å². The van der Waals surface area contributed by atoms with Crippen LogP contribution in [0.15, 0.2) is 140 Å². The van der Waals surface area contributed by atoms with Crippen LogP contribution in [-0.2, 0) is 4.57 Å². The zero-order valence-corrected chi connectivity index (χ0v) is 18.5. The van der Waals surface area contributed by atoms with E-state index in [0.29, 0.717) is 0 Å². The van der Waals surface area contributed by atoms with Crippen molar-refractivity contribution < 1.29 is 4.57 Å². The molecule has 0 saturated heterocycles. The van der Waals surface area contributed by atoms with Crippen molar-refractivity contribution in [2.45, 2.75) is 0 Å². The quantitative estimate of drug-likeness (QED) is 0.285. The van der Waals surface area contributed by atoms with E-state index in [0.717, 1.165) is 27.0 Å². The molecule has 0 aromatic heterocycles. The third-order valence-electron chi connectivity index (χ3n) is 5.79. The van der Waals surface area contributed by atoms with Crippen LogP contribution in [0.5, 0.6) is 0 Å². The minimum Gasteiger partial charge on any atom is -0.309 e. The average Bonchev–Trinajstić information content (AvgIpc) is 2.90. The number of rotatable bonds is 5. The Morgan fingerprint density at radius 1 is 0.375 bits per heavy atom. The summed E-state index contributed by atoms with van der Waals surface area (Å²) in [6, 6.07) is 46.6. The normalized spacial score (nSPS) is 11.2. The molecule has 0 spiro atoms. The second-order valence-corrected chi connectivity index (χ2v) is 10.5. The molecule has 2 heteroatoms. The summed E-state index contributed by atoms with van der Waals surface area (Å²) in [6.45, 7) is 0. The van der Waals surface area contributed by atoms with Crippen LogP contribution < -0.4 is 15.9 Å². The lowest BCUT2D eigenvalue weighted by molar-refractivity contribution is 0.592. The smallest absolute Gasteiger partial charge is 0.171 e. The highest BCUT2D eigenvalue weighted by Crippen LogP contribution is 2.45. The molecule has 0 aliphatic heterocycles. The van der Waals surface area contributed by atoms with Crippen molar-refractivity contribution in [2.75, 3.05) is 0 Å². The maximum Gasteiger partial charge on any atom is 0.171 e. The first-order chi connectivity index (χ1) is 15.8. The molecule has 5 aromatic carbocycles. The van der Waals surface area contributed by atoms with Gasteiger partial charge in [-0.15, -0.1) is 0 Å². The molecule has 0 heterocycles. The molecule has 5 aromatic rings. The van der Waals surface area contributed by atoms with Gasteiger partial charge in [0.15, 0.2) is 7.14 Å². The van der Waals surface area contributed by atoms with E-state index >= 15 is 0 Å². The summed E-state index contributed by atoms with van der Waals surface area (Å²) in [4.78, 5) is 0. The Morgan fingerprint density at radius 3 is 1.34 bits per heavy atom. The predicted molar refractivity (Wildman–Crippen MR) is 137 cm³/mol. The van der Waals surface area contributed by atoms with Crippen LogP contribution in [-0.4, -0.2) is 0 Å². The van der Waals surface area contributed by atoms with Crippen LogP contribution in [0.25, 0.3) is 22.3 Å². The lowest BCUT2D eigenvalue weighted by atomic mass is 10.0. The average molecular weight is 430 g/mol. The van der Waals surface area contributed by atoms with E-state index in [1.807, 2.05) is 84.9 Å². The number of hydrogen-bond donors (Lipinski definition) is 0. The lowest BCUT2D eigenvalue weighted by Crippen LogP contribution is -2.26. The third-order valence-corrected chi connectivity index (χ3v) is 8.91. The topological polar surface area (TPSA) is 17.1 Å². The Bertz CT molecular complexity index is 1320. The van der Waals surface area contributed by atoms with Gasteiger partial charge < -0.3 is 4.57 Å². The predicted octanol–water partition coefficient (Wildman–Crippen LogP) is 6.66. The Hall–Kier alpha value is -3.67. The minimum atomic E-state index is -3.05. The van der Waals surface area contributed by atoms with Crippen molar-refractivity contribution >= 4 is 23.1 Å². The standard InChI is InChI=1S/C30H23OP/c31-32(27-14-6-2-7-15-27,28-16-8-3-9-17-28)30-19-11-10-18-29(30)26-22-20-25(21-23-26)24-12-4-1-5-13-24/h1-23H. The van der Waals surface area contributed by atoms with Gasteiger partial charge in [0, 0.05) is 15.9 Å². The first-order valence-corrected chi connectivity index (χ1v) is 12.4. The van der Waals surface area contributed by atoms with E-state index in [1.165, 1.54) is 11.1 Å². The maximum atomic E-state index is 14.9. The summed E-state index contributed by atoms with van der Waals surface area (Å²) in [5.41, 5.74) is 4.42. The van der Waals surface area contributed by atoms with Crippen LogP contribution in [0.4, 0.5) is 0 Å². The van der Waals surface area contributed by atoms with E-state index in [2.05, 4.69) is 54.6 Å². The molecule has 32 heavy (non-hydrogen) atoms. The van der Waals surface area contributed by atoms with Gasteiger partial charge in [-0.2, -0.15) is 0 Å². The fourth-order valence-corrected chi connectivity index (χ4v) is 7.05. The van der Waals surface area contributed by atoms with Gasteiger partial charge in [0.1, 0.15) is 0 Å². The highest BCUT2D eigenvalue weighted by atomic mass is 31.2. The largest absolute Gasteiger partial charge is 0.309 e. The molecule has 0 aliphatic rings. The summed E-state index contributed by atoms with van der Waals surface area (Å²) in [5, 5.41) is 2.56. The van der Waals surface area contributed by atoms with Crippen LogP contribution in [0, 0.1) is 0 Å². The summed E-state index contributed by atoms with van der Waals surface area (Å²) in [6.07, 6.45) is 0. The van der Waals surface area contributed by atoms with E-state index in [4.69, 9.17) is 0 Å².